The smallest absolute Gasteiger partial charge is 0.329 e. The molecule has 0 aliphatic carbocycles. The molecule has 238 valence electrons. The Morgan fingerprint density at radius 2 is 1.78 bits per heavy atom. The van der Waals surface area contributed by atoms with Crippen LogP contribution in [0.1, 0.15) is 66.0 Å². The maximum Gasteiger partial charge on any atom is 0.329 e. The van der Waals surface area contributed by atoms with Crippen LogP contribution in [0.2, 0.25) is 5.02 Å². The molecule has 2 aromatic heterocycles. The molecule has 0 saturated carbocycles. The highest BCUT2D eigenvalue weighted by atomic mass is 35.5. The van der Waals surface area contributed by atoms with E-state index in [1.165, 1.54) is 0 Å². The number of nitrogens with one attached hydrogen (secondary N) is 2. The van der Waals surface area contributed by atoms with Gasteiger partial charge in [-0.05, 0) is 76.4 Å². The Balaban J connectivity index is 1.44. The number of amides is 1. The fourth-order valence-electron chi connectivity index (χ4n) is 6.15. The van der Waals surface area contributed by atoms with E-state index in [1.807, 2.05) is 55.5 Å². The van der Waals surface area contributed by atoms with E-state index in [-0.39, 0.29) is 10.9 Å². The summed E-state index contributed by atoms with van der Waals surface area (Å²) in [6.07, 6.45) is 4.07. The molecule has 1 aliphatic heterocycles. The number of hydrogen-bond donors (Lipinski definition) is 3. The molecule has 1 aliphatic rings. The highest BCUT2D eigenvalue weighted by molar-refractivity contribution is 7.90. The van der Waals surface area contributed by atoms with Crippen molar-refractivity contribution < 1.29 is 19.2 Å². The van der Waals surface area contributed by atoms with Crippen LogP contribution in [0.25, 0.3) is 16.6 Å². The van der Waals surface area contributed by atoms with Gasteiger partial charge in [0.1, 0.15) is 17.4 Å². The predicted molar refractivity (Wildman–Crippen MR) is 178 cm³/mol. The molecule has 1 amide bonds. The molecule has 0 radical (unpaired) electrons. The minimum Gasteiger partial charge on any atom is -0.598 e. The minimum absolute atomic E-state index is 0.287. The van der Waals surface area contributed by atoms with Crippen molar-refractivity contribution in [2.75, 3.05) is 0 Å². The maximum atomic E-state index is 14.0. The quantitative estimate of drug-likeness (QED) is 0.184. The van der Waals surface area contributed by atoms with Gasteiger partial charge in [0, 0.05) is 39.2 Å². The number of aryl methyl sites for hydroxylation is 1. The van der Waals surface area contributed by atoms with Crippen LogP contribution >= 0.6 is 11.6 Å². The van der Waals surface area contributed by atoms with Crippen molar-refractivity contribution in [3.05, 3.63) is 112 Å². The van der Waals surface area contributed by atoms with E-state index in [2.05, 4.69) is 24.8 Å². The van der Waals surface area contributed by atoms with E-state index in [9.17, 15) is 19.2 Å². The number of nitrogens with zero attached hydrogens (tertiary/aromatic N) is 4. The van der Waals surface area contributed by atoms with Crippen LogP contribution in [-0.4, -0.2) is 45.6 Å². The number of fused-ring (bicyclic) bond motifs is 3. The SMILES string of the molecule is Cc1ccc2c(c1)c(C(N[S@+]([O-])C(C)(C)C)C(=O)O)c1n2C[C@@](NC(=O)c2ccc(-n3cnnc3)cc2Cl)(c2ccccc2)CC1. The Morgan fingerprint density at radius 3 is 2.43 bits per heavy atom. The number of carbonyl (C=O) groups is 2. The van der Waals surface area contributed by atoms with Gasteiger partial charge in [0.05, 0.1) is 22.7 Å². The third-order valence-electron chi connectivity index (χ3n) is 8.50. The summed E-state index contributed by atoms with van der Waals surface area (Å²) in [5.41, 5.74) is 4.39. The van der Waals surface area contributed by atoms with Crippen LogP contribution in [0, 0.1) is 6.92 Å². The molecule has 0 fully saturated rings. The summed E-state index contributed by atoms with van der Waals surface area (Å²) in [7, 11) is 0. The summed E-state index contributed by atoms with van der Waals surface area (Å²) in [5, 5.41) is 22.5. The van der Waals surface area contributed by atoms with Gasteiger partial charge >= 0.3 is 5.97 Å². The fourth-order valence-corrected chi connectivity index (χ4v) is 7.20. The highest BCUT2D eigenvalue weighted by Gasteiger charge is 2.43. The van der Waals surface area contributed by atoms with Crippen molar-refractivity contribution in [2.45, 2.75) is 63.4 Å². The molecule has 6 rings (SSSR count). The second-order valence-corrected chi connectivity index (χ2v) is 15.1. The first-order valence-electron chi connectivity index (χ1n) is 14.9. The zero-order valence-corrected chi connectivity index (χ0v) is 27.5. The molecule has 3 aromatic carbocycles. The number of aromatic nitrogens is 4. The van der Waals surface area contributed by atoms with E-state index in [4.69, 9.17) is 11.6 Å². The third-order valence-corrected chi connectivity index (χ3v) is 10.4. The highest BCUT2D eigenvalue weighted by Crippen LogP contribution is 2.42. The molecule has 10 nitrogen and oxygen atoms in total. The summed E-state index contributed by atoms with van der Waals surface area (Å²) in [6.45, 7) is 7.72. The van der Waals surface area contributed by atoms with Gasteiger partial charge in [-0.2, -0.15) is 0 Å². The van der Waals surface area contributed by atoms with Gasteiger partial charge in [0.15, 0.2) is 6.04 Å². The van der Waals surface area contributed by atoms with Crippen LogP contribution in [0.3, 0.4) is 0 Å². The number of benzene rings is 3. The Kier molecular flexibility index (Phi) is 8.45. The van der Waals surface area contributed by atoms with Crippen molar-refractivity contribution in [1.29, 1.82) is 0 Å². The van der Waals surface area contributed by atoms with E-state index in [0.29, 0.717) is 30.5 Å². The van der Waals surface area contributed by atoms with Crippen LogP contribution < -0.4 is 10.0 Å². The number of carboxylic acids is 1. The first-order chi connectivity index (χ1) is 21.9. The largest absolute Gasteiger partial charge is 0.598 e. The van der Waals surface area contributed by atoms with Crippen molar-refractivity contribution in [1.82, 2.24) is 29.4 Å². The van der Waals surface area contributed by atoms with Gasteiger partial charge in [-0.15, -0.1) is 14.9 Å². The predicted octanol–water partition coefficient (Wildman–Crippen LogP) is 5.63. The monoisotopic (exact) mass is 658 g/mol. The van der Waals surface area contributed by atoms with Gasteiger partial charge in [-0.25, -0.2) is 4.79 Å². The fraction of sp³-hybridized carbons (Fsp3) is 0.294. The molecule has 0 saturated heterocycles. The topological polar surface area (TPSA) is 137 Å². The van der Waals surface area contributed by atoms with Crippen molar-refractivity contribution in [3.63, 3.8) is 0 Å². The number of carboxylic acid groups (broad SMARTS) is 1. The van der Waals surface area contributed by atoms with Crippen molar-refractivity contribution in [3.8, 4) is 5.69 Å². The Hall–Kier alpha value is -4.16. The van der Waals surface area contributed by atoms with Crippen LogP contribution in [0.5, 0.6) is 0 Å². The zero-order chi connectivity index (χ0) is 32.8. The lowest BCUT2D eigenvalue weighted by molar-refractivity contribution is -0.139. The summed E-state index contributed by atoms with van der Waals surface area (Å²) in [4.78, 5) is 26.8. The molecular weight excluding hydrogens is 624 g/mol. The molecule has 0 spiro atoms. The lowest BCUT2D eigenvalue weighted by Gasteiger charge is -2.40. The number of carbonyl (C=O) groups excluding carboxylic acids is 1. The number of rotatable bonds is 8. The van der Waals surface area contributed by atoms with Gasteiger partial charge in [0.2, 0.25) is 0 Å². The second-order valence-electron chi connectivity index (χ2n) is 12.7. The van der Waals surface area contributed by atoms with E-state index in [0.717, 1.165) is 33.4 Å². The molecular formula is C34H35ClN6O4S. The molecule has 3 N–H and O–H groups in total. The van der Waals surface area contributed by atoms with Crippen molar-refractivity contribution >= 4 is 45.7 Å². The summed E-state index contributed by atoms with van der Waals surface area (Å²) in [6, 6.07) is 19.7. The molecule has 46 heavy (non-hydrogen) atoms. The van der Waals surface area contributed by atoms with E-state index >= 15 is 0 Å². The molecule has 1 unspecified atom stereocenters. The molecule has 3 atom stereocenters. The van der Waals surface area contributed by atoms with Gasteiger partial charge in [-0.1, -0.05) is 53.6 Å². The Morgan fingerprint density at radius 1 is 1.07 bits per heavy atom. The van der Waals surface area contributed by atoms with Crippen LogP contribution in [-0.2, 0) is 34.7 Å². The standard InChI is InChI=1S/C34H35ClN6O4S/c1-21-10-13-27-25(16-21)29(30(32(43)44)39-46(45)33(2,3)4)28-14-15-34(18-41(27)28,22-8-6-5-7-9-22)38-31(42)24-12-11-23(17-26(24)35)40-19-36-37-20-40/h5-13,16-17,19-20,30,39H,14-15,18H2,1-4H3,(H,38,42)(H,43,44)/t30?,34-,46-/m1/s1. The maximum absolute atomic E-state index is 14.0. The van der Waals surface area contributed by atoms with E-state index < -0.39 is 33.7 Å². The Labute approximate surface area is 275 Å². The number of aliphatic carboxylic acids is 1. The molecule has 3 heterocycles. The van der Waals surface area contributed by atoms with Crippen LogP contribution in [0.15, 0.2) is 79.4 Å². The molecule has 0 bridgehead atoms. The molecule has 12 heteroatoms. The van der Waals surface area contributed by atoms with Gasteiger partial charge in [0.25, 0.3) is 5.91 Å². The third kappa shape index (κ3) is 5.91. The molecule has 5 aromatic rings. The number of hydrogen-bond acceptors (Lipinski definition) is 6. The van der Waals surface area contributed by atoms with Crippen molar-refractivity contribution in [2.24, 2.45) is 0 Å². The lowest BCUT2D eigenvalue weighted by Crippen LogP contribution is -2.51. The first-order valence-corrected chi connectivity index (χ1v) is 16.5. The average molecular weight is 659 g/mol. The summed E-state index contributed by atoms with van der Waals surface area (Å²) < 4.78 is 19.2. The Bertz CT molecular complexity index is 1920. The summed E-state index contributed by atoms with van der Waals surface area (Å²) >= 11 is 5.03. The second kappa shape index (κ2) is 12.2. The van der Waals surface area contributed by atoms with Crippen LogP contribution in [0.4, 0.5) is 0 Å². The minimum atomic E-state index is -1.63. The average Bonchev–Trinajstić information content (AvgIpc) is 3.66. The lowest BCUT2D eigenvalue weighted by atomic mass is 9.81. The zero-order valence-electron chi connectivity index (χ0n) is 26.0. The number of halogens is 1. The van der Waals surface area contributed by atoms with Gasteiger partial charge in [-0.3, -0.25) is 9.36 Å². The summed E-state index contributed by atoms with van der Waals surface area (Å²) in [5.74, 6) is -1.43. The normalized spacial score (nSPS) is 17.8. The first kappa shape index (κ1) is 31.8. The van der Waals surface area contributed by atoms with Gasteiger partial charge < -0.3 is 19.5 Å². The van der Waals surface area contributed by atoms with E-state index in [1.54, 1.807) is 56.2 Å².